The third-order valence-electron chi connectivity index (χ3n) is 3.03. The third kappa shape index (κ3) is 4.96. The summed E-state index contributed by atoms with van der Waals surface area (Å²) in [6.07, 6.45) is 0. The summed E-state index contributed by atoms with van der Waals surface area (Å²) in [5.41, 5.74) is 1.49. The van der Waals surface area contributed by atoms with Crippen molar-refractivity contribution in [3.8, 4) is 11.5 Å². The number of hydrogen-bond donors (Lipinski definition) is 2. The number of carbonyl (C=O) groups excluding carboxylic acids is 1. The highest BCUT2D eigenvalue weighted by Gasteiger charge is 2.10. The van der Waals surface area contributed by atoms with Gasteiger partial charge in [0.05, 0.1) is 0 Å². The summed E-state index contributed by atoms with van der Waals surface area (Å²) in [7, 11) is 7.58. The van der Waals surface area contributed by atoms with E-state index in [0.717, 1.165) is 12.1 Å². The predicted octanol–water partition coefficient (Wildman–Crippen LogP) is 1.49. The molecular formula is C15H22N6O2. The maximum Gasteiger partial charge on any atom is 0.319 e. The van der Waals surface area contributed by atoms with Crippen LogP contribution in [0, 0.1) is 0 Å². The van der Waals surface area contributed by atoms with Crippen LogP contribution in [0.2, 0.25) is 0 Å². The summed E-state index contributed by atoms with van der Waals surface area (Å²) < 4.78 is 5.53. The lowest BCUT2D eigenvalue weighted by atomic mass is 10.2. The number of hydrogen-bond acceptors (Lipinski definition) is 6. The second-order valence-corrected chi connectivity index (χ2v) is 5.55. The second-order valence-electron chi connectivity index (χ2n) is 5.55. The second kappa shape index (κ2) is 7.59. The fourth-order valence-electron chi connectivity index (χ4n) is 1.78. The lowest BCUT2D eigenvalue weighted by Crippen LogP contribution is -2.34. The minimum absolute atomic E-state index is 0.229. The van der Waals surface area contributed by atoms with Gasteiger partial charge in [-0.05, 0) is 38.4 Å². The zero-order valence-corrected chi connectivity index (χ0v) is 13.8. The Morgan fingerprint density at radius 1 is 1.13 bits per heavy atom. The van der Waals surface area contributed by atoms with E-state index in [-0.39, 0.29) is 6.03 Å². The summed E-state index contributed by atoms with van der Waals surface area (Å²) in [5.74, 6) is 0.440. The maximum absolute atomic E-state index is 11.7. The molecule has 1 aromatic carbocycles. The van der Waals surface area contributed by atoms with Crippen molar-refractivity contribution in [3.05, 3.63) is 24.3 Å². The first-order chi connectivity index (χ1) is 11.0. The van der Waals surface area contributed by atoms with Gasteiger partial charge in [-0.3, -0.25) is 0 Å². The molecule has 8 nitrogen and oxygen atoms in total. The van der Waals surface area contributed by atoms with Gasteiger partial charge in [0.2, 0.25) is 5.89 Å². The van der Waals surface area contributed by atoms with Gasteiger partial charge < -0.3 is 24.9 Å². The number of benzene rings is 1. The molecule has 2 aromatic rings. The highest BCUT2D eigenvalue weighted by molar-refractivity contribution is 5.89. The third-order valence-corrected chi connectivity index (χ3v) is 3.03. The van der Waals surface area contributed by atoms with Crippen molar-refractivity contribution >= 4 is 17.7 Å². The molecule has 0 spiro atoms. The zero-order chi connectivity index (χ0) is 16.8. The van der Waals surface area contributed by atoms with Crippen LogP contribution in [0.4, 0.5) is 16.5 Å². The fourth-order valence-corrected chi connectivity index (χ4v) is 1.78. The van der Waals surface area contributed by atoms with E-state index >= 15 is 0 Å². The van der Waals surface area contributed by atoms with Crippen molar-refractivity contribution in [2.45, 2.75) is 0 Å². The van der Waals surface area contributed by atoms with Crippen molar-refractivity contribution in [1.82, 2.24) is 20.4 Å². The molecule has 0 fully saturated rings. The maximum atomic E-state index is 11.7. The number of aromatic nitrogens is 2. The SMILES string of the molecule is CN(C)CCNC(=O)Nc1ccc(-c2nnc(N(C)C)o2)cc1. The van der Waals surface area contributed by atoms with Crippen LogP contribution in [-0.4, -0.2) is 62.4 Å². The van der Waals surface area contributed by atoms with Gasteiger partial charge >= 0.3 is 12.0 Å². The molecule has 0 bridgehead atoms. The first kappa shape index (κ1) is 16.8. The minimum Gasteiger partial charge on any atom is -0.403 e. The van der Waals surface area contributed by atoms with Crippen LogP contribution in [-0.2, 0) is 0 Å². The van der Waals surface area contributed by atoms with E-state index in [9.17, 15) is 4.79 Å². The molecule has 0 unspecified atom stereocenters. The van der Waals surface area contributed by atoms with Crippen molar-refractivity contribution in [1.29, 1.82) is 0 Å². The Balaban J connectivity index is 1.92. The Kier molecular flexibility index (Phi) is 5.53. The molecule has 2 amide bonds. The first-order valence-electron chi connectivity index (χ1n) is 7.26. The number of anilines is 2. The van der Waals surface area contributed by atoms with Crippen LogP contribution in [0.3, 0.4) is 0 Å². The molecule has 0 aliphatic heterocycles. The van der Waals surface area contributed by atoms with Crippen LogP contribution in [0.25, 0.3) is 11.5 Å². The number of nitrogens with zero attached hydrogens (tertiary/aromatic N) is 4. The summed E-state index contributed by atoms with van der Waals surface area (Å²) in [6.45, 7) is 1.38. The van der Waals surface area contributed by atoms with Crippen LogP contribution in [0.15, 0.2) is 28.7 Å². The normalized spacial score (nSPS) is 10.7. The van der Waals surface area contributed by atoms with Gasteiger partial charge in [0.25, 0.3) is 0 Å². The molecule has 124 valence electrons. The van der Waals surface area contributed by atoms with Gasteiger partial charge in [-0.15, -0.1) is 5.10 Å². The van der Waals surface area contributed by atoms with Gasteiger partial charge in [-0.2, -0.15) is 0 Å². The molecule has 8 heteroatoms. The van der Waals surface area contributed by atoms with Crippen molar-refractivity contribution in [2.75, 3.05) is 51.5 Å². The van der Waals surface area contributed by atoms with Crippen LogP contribution >= 0.6 is 0 Å². The largest absolute Gasteiger partial charge is 0.403 e. The summed E-state index contributed by atoms with van der Waals surface area (Å²) >= 11 is 0. The average molecular weight is 318 g/mol. The highest BCUT2D eigenvalue weighted by atomic mass is 16.4. The molecule has 2 rings (SSSR count). The number of urea groups is 1. The Hall–Kier alpha value is -2.61. The zero-order valence-electron chi connectivity index (χ0n) is 13.8. The molecule has 1 aromatic heterocycles. The van der Waals surface area contributed by atoms with Crippen LogP contribution < -0.4 is 15.5 Å². The molecule has 1 heterocycles. The van der Waals surface area contributed by atoms with Gasteiger partial charge in [-0.25, -0.2) is 4.79 Å². The van der Waals surface area contributed by atoms with Crippen molar-refractivity contribution in [3.63, 3.8) is 0 Å². The number of carbonyl (C=O) groups is 1. The fraction of sp³-hybridized carbons (Fsp3) is 0.400. The lowest BCUT2D eigenvalue weighted by molar-refractivity contribution is 0.250. The summed E-state index contributed by atoms with van der Waals surface area (Å²) in [5, 5.41) is 13.5. The molecule has 0 aliphatic rings. The van der Waals surface area contributed by atoms with E-state index in [2.05, 4.69) is 20.8 Å². The molecule has 23 heavy (non-hydrogen) atoms. The highest BCUT2D eigenvalue weighted by Crippen LogP contribution is 2.22. The quantitative estimate of drug-likeness (QED) is 0.839. The van der Waals surface area contributed by atoms with Crippen LogP contribution in [0.5, 0.6) is 0 Å². The van der Waals surface area contributed by atoms with E-state index in [4.69, 9.17) is 4.42 Å². The standard InChI is InChI=1S/C15H22N6O2/c1-20(2)10-9-16-14(22)17-12-7-5-11(6-8-12)13-18-19-15(23-13)21(3)4/h5-8H,9-10H2,1-4H3,(H2,16,17,22). The van der Waals surface area contributed by atoms with E-state index < -0.39 is 0 Å². The van der Waals surface area contributed by atoms with Gasteiger partial charge in [0, 0.05) is 38.4 Å². The molecule has 2 N–H and O–H groups in total. The lowest BCUT2D eigenvalue weighted by Gasteiger charge is -2.11. The van der Waals surface area contributed by atoms with E-state index in [1.54, 1.807) is 17.0 Å². The molecule has 0 atom stereocenters. The molecule has 0 saturated carbocycles. The first-order valence-corrected chi connectivity index (χ1v) is 7.26. The average Bonchev–Trinajstić information content (AvgIpc) is 2.97. The van der Waals surface area contributed by atoms with E-state index in [1.165, 1.54) is 0 Å². The summed E-state index contributed by atoms with van der Waals surface area (Å²) in [4.78, 5) is 15.5. The molecule has 0 saturated heterocycles. The Morgan fingerprint density at radius 3 is 2.39 bits per heavy atom. The van der Waals surface area contributed by atoms with Crippen molar-refractivity contribution in [2.24, 2.45) is 0 Å². The van der Waals surface area contributed by atoms with Gasteiger partial charge in [0.15, 0.2) is 0 Å². The number of amides is 2. The van der Waals surface area contributed by atoms with Crippen molar-refractivity contribution < 1.29 is 9.21 Å². The van der Waals surface area contributed by atoms with Gasteiger partial charge in [0.1, 0.15) is 0 Å². The number of rotatable bonds is 6. The van der Waals surface area contributed by atoms with Gasteiger partial charge in [-0.1, -0.05) is 5.10 Å². The number of nitrogens with one attached hydrogen (secondary N) is 2. The Bertz CT molecular complexity index is 636. The predicted molar refractivity (Wildman–Crippen MR) is 89.6 cm³/mol. The topological polar surface area (TPSA) is 86.5 Å². The van der Waals surface area contributed by atoms with E-state index in [0.29, 0.717) is 24.1 Å². The minimum atomic E-state index is -0.229. The number of likely N-dealkylation sites (N-methyl/N-ethyl adjacent to an activating group) is 1. The smallest absolute Gasteiger partial charge is 0.319 e. The molecular weight excluding hydrogens is 296 g/mol. The Labute approximate surface area is 135 Å². The van der Waals surface area contributed by atoms with E-state index in [1.807, 2.05) is 45.2 Å². The Morgan fingerprint density at radius 2 is 1.83 bits per heavy atom. The molecule has 0 radical (unpaired) electrons. The molecule has 0 aliphatic carbocycles. The monoisotopic (exact) mass is 318 g/mol. The van der Waals surface area contributed by atoms with Crippen LogP contribution in [0.1, 0.15) is 0 Å². The summed E-state index contributed by atoms with van der Waals surface area (Å²) in [6, 6.07) is 7.45.